The molecule has 0 saturated heterocycles. The van der Waals surface area contributed by atoms with Crippen molar-refractivity contribution in [1.82, 2.24) is 5.32 Å². The summed E-state index contributed by atoms with van der Waals surface area (Å²) in [5.41, 5.74) is 1.88. The van der Waals surface area contributed by atoms with Crippen LogP contribution >= 0.6 is 23.8 Å². The Morgan fingerprint density at radius 3 is 2.71 bits per heavy atom. The van der Waals surface area contributed by atoms with Gasteiger partial charge in [-0.25, -0.2) is 4.79 Å². The summed E-state index contributed by atoms with van der Waals surface area (Å²) in [6.07, 6.45) is 1.48. The van der Waals surface area contributed by atoms with Crippen molar-refractivity contribution < 1.29 is 9.53 Å². The van der Waals surface area contributed by atoms with Crippen LogP contribution in [0.15, 0.2) is 35.5 Å². The maximum atomic E-state index is 12.6. The highest BCUT2D eigenvalue weighted by Gasteiger charge is 2.40. The minimum Gasteiger partial charge on any atom is -0.463 e. The van der Waals surface area contributed by atoms with Gasteiger partial charge in [0.2, 0.25) is 0 Å². The van der Waals surface area contributed by atoms with E-state index in [1.54, 1.807) is 13.0 Å². The van der Waals surface area contributed by atoms with Crippen molar-refractivity contribution in [3.8, 4) is 6.07 Å². The van der Waals surface area contributed by atoms with Crippen LogP contribution in [0.2, 0.25) is 5.02 Å². The fraction of sp³-hybridized carbons (Fsp3) is 0.389. The summed E-state index contributed by atoms with van der Waals surface area (Å²) in [6, 6.07) is 9.44. The molecule has 126 valence electrons. The summed E-state index contributed by atoms with van der Waals surface area (Å²) >= 11 is 11.7. The van der Waals surface area contributed by atoms with Gasteiger partial charge in [0.1, 0.15) is 5.92 Å². The van der Waals surface area contributed by atoms with Gasteiger partial charge < -0.3 is 10.1 Å². The van der Waals surface area contributed by atoms with Crippen molar-refractivity contribution in [2.45, 2.75) is 32.6 Å². The summed E-state index contributed by atoms with van der Waals surface area (Å²) in [4.78, 5) is 13.0. The van der Waals surface area contributed by atoms with Crippen LogP contribution in [0.1, 0.15) is 38.2 Å². The molecule has 0 spiro atoms. The van der Waals surface area contributed by atoms with Crippen molar-refractivity contribution in [1.29, 1.82) is 5.26 Å². The first-order valence-corrected chi connectivity index (χ1v) is 8.68. The molecule has 4 nitrogen and oxygen atoms in total. The van der Waals surface area contributed by atoms with Crippen LogP contribution in [-0.2, 0) is 9.53 Å². The maximum absolute atomic E-state index is 12.6. The Balaban J connectivity index is 2.68. The smallest absolute Gasteiger partial charge is 0.336 e. The lowest BCUT2D eigenvalue weighted by Gasteiger charge is -2.33. The number of thiocarbonyl (C=S) groups is 1. The highest BCUT2D eigenvalue weighted by molar-refractivity contribution is 7.80. The number of carbonyl (C=O) groups excluding carboxylic acids is 1. The summed E-state index contributed by atoms with van der Waals surface area (Å²) in [7, 11) is 0. The van der Waals surface area contributed by atoms with Gasteiger partial charge in [-0.05, 0) is 25.0 Å². The van der Waals surface area contributed by atoms with Crippen molar-refractivity contribution in [3.63, 3.8) is 0 Å². The van der Waals surface area contributed by atoms with Crippen molar-refractivity contribution in [2.24, 2.45) is 5.92 Å². The van der Waals surface area contributed by atoms with Crippen molar-refractivity contribution in [3.05, 3.63) is 46.1 Å². The van der Waals surface area contributed by atoms with Crippen LogP contribution in [-0.4, -0.2) is 17.6 Å². The SMILES string of the molecule is CCCC1=C(C(=O)OCC)C(c2ccccc2Cl)C(C#N)C(=S)N1. The standard InChI is InChI=1S/C18H19ClN2O2S/c1-3-7-14-16(18(22)23-4-2)15(12(10-20)17(24)21-14)11-8-5-6-9-13(11)19/h5-6,8-9,12,15H,3-4,7H2,1-2H3,(H,21,24). The molecular formula is C18H19ClN2O2S. The van der Waals surface area contributed by atoms with Gasteiger partial charge >= 0.3 is 5.97 Å². The molecule has 1 N–H and O–H groups in total. The number of esters is 1. The summed E-state index contributed by atoms with van der Waals surface area (Å²) in [5, 5.41) is 13.2. The largest absolute Gasteiger partial charge is 0.463 e. The number of allylic oxidation sites excluding steroid dienone is 1. The predicted molar refractivity (Wildman–Crippen MR) is 97.6 cm³/mol. The highest BCUT2D eigenvalue weighted by Crippen LogP contribution is 2.41. The minimum atomic E-state index is -0.667. The number of halogens is 1. The molecule has 0 aromatic heterocycles. The Bertz CT molecular complexity index is 724. The van der Waals surface area contributed by atoms with Crippen LogP contribution in [0.25, 0.3) is 0 Å². The summed E-state index contributed by atoms with van der Waals surface area (Å²) in [6.45, 7) is 4.03. The Labute approximate surface area is 152 Å². The molecule has 24 heavy (non-hydrogen) atoms. The zero-order chi connectivity index (χ0) is 17.7. The highest BCUT2D eigenvalue weighted by atomic mass is 35.5. The molecule has 2 rings (SSSR count). The Kier molecular flexibility index (Phi) is 6.36. The third-order valence-corrected chi connectivity index (χ3v) is 4.60. The predicted octanol–water partition coefficient (Wildman–Crippen LogP) is 4.11. The third-order valence-electron chi connectivity index (χ3n) is 3.90. The maximum Gasteiger partial charge on any atom is 0.336 e. The molecule has 0 radical (unpaired) electrons. The van der Waals surface area contributed by atoms with Crippen LogP contribution in [0.4, 0.5) is 0 Å². The second-order valence-electron chi connectivity index (χ2n) is 5.46. The normalized spacial score (nSPS) is 20.3. The molecule has 1 aliphatic heterocycles. The lowest BCUT2D eigenvalue weighted by Crippen LogP contribution is -2.41. The number of carbonyl (C=O) groups is 1. The van der Waals surface area contributed by atoms with E-state index in [4.69, 9.17) is 28.6 Å². The van der Waals surface area contributed by atoms with Gasteiger partial charge in [-0.2, -0.15) is 5.26 Å². The molecule has 0 saturated carbocycles. The molecule has 1 aromatic carbocycles. The summed E-state index contributed by atoms with van der Waals surface area (Å²) in [5.74, 6) is -1.63. The van der Waals surface area contributed by atoms with E-state index < -0.39 is 17.8 Å². The van der Waals surface area contributed by atoms with E-state index in [-0.39, 0.29) is 6.61 Å². The third kappa shape index (κ3) is 3.61. The van der Waals surface area contributed by atoms with Crippen molar-refractivity contribution in [2.75, 3.05) is 6.61 Å². The molecule has 0 fully saturated rings. The van der Waals surface area contributed by atoms with E-state index >= 15 is 0 Å². The first-order valence-electron chi connectivity index (χ1n) is 7.90. The van der Waals surface area contributed by atoms with Gasteiger partial charge in [0, 0.05) is 16.6 Å². The minimum absolute atomic E-state index is 0.263. The topological polar surface area (TPSA) is 62.1 Å². The number of nitriles is 1. The zero-order valence-corrected chi connectivity index (χ0v) is 15.2. The average Bonchev–Trinajstić information content (AvgIpc) is 2.55. The Morgan fingerprint density at radius 2 is 2.12 bits per heavy atom. The number of nitrogens with one attached hydrogen (secondary N) is 1. The van der Waals surface area contributed by atoms with Crippen LogP contribution < -0.4 is 5.32 Å². The van der Waals surface area contributed by atoms with Gasteiger partial charge in [-0.1, -0.05) is 55.4 Å². The van der Waals surface area contributed by atoms with Crippen LogP contribution in [0.5, 0.6) is 0 Å². The van der Waals surface area contributed by atoms with E-state index in [0.717, 1.165) is 12.1 Å². The fourth-order valence-electron chi connectivity index (χ4n) is 2.90. The molecule has 6 heteroatoms. The molecule has 0 amide bonds. The molecule has 1 aromatic rings. The first kappa shape index (κ1) is 18.4. The van der Waals surface area contributed by atoms with Crippen molar-refractivity contribution >= 4 is 34.8 Å². The number of hydrogen-bond donors (Lipinski definition) is 1. The molecule has 0 aliphatic carbocycles. The van der Waals surface area contributed by atoms with Gasteiger partial charge in [0.15, 0.2) is 0 Å². The molecule has 1 heterocycles. The second kappa shape index (κ2) is 8.27. The number of ether oxygens (including phenoxy) is 1. The second-order valence-corrected chi connectivity index (χ2v) is 6.30. The van der Waals surface area contributed by atoms with E-state index in [9.17, 15) is 10.1 Å². The quantitative estimate of drug-likeness (QED) is 0.630. The van der Waals surface area contributed by atoms with E-state index in [1.807, 2.05) is 25.1 Å². The number of benzene rings is 1. The lowest BCUT2D eigenvalue weighted by atomic mass is 9.77. The first-order chi connectivity index (χ1) is 11.5. The Hall–Kier alpha value is -1.90. The lowest BCUT2D eigenvalue weighted by molar-refractivity contribution is -0.139. The number of hydrogen-bond acceptors (Lipinski definition) is 4. The number of rotatable bonds is 5. The molecule has 1 aliphatic rings. The Morgan fingerprint density at radius 1 is 1.42 bits per heavy atom. The molecule has 0 bridgehead atoms. The molecule has 2 unspecified atom stereocenters. The molecule has 2 atom stereocenters. The van der Waals surface area contributed by atoms with Crippen LogP contribution in [0.3, 0.4) is 0 Å². The number of nitrogens with zero attached hydrogens (tertiary/aromatic N) is 1. The van der Waals surface area contributed by atoms with Crippen LogP contribution in [0, 0.1) is 17.2 Å². The van der Waals surface area contributed by atoms with Gasteiger partial charge in [0.05, 0.1) is 23.2 Å². The van der Waals surface area contributed by atoms with E-state index in [0.29, 0.717) is 27.6 Å². The summed E-state index contributed by atoms with van der Waals surface area (Å²) < 4.78 is 5.25. The molecular weight excluding hydrogens is 344 g/mol. The van der Waals surface area contributed by atoms with E-state index in [1.165, 1.54) is 0 Å². The monoisotopic (exact) mass is 362 g/mol. The average molecular weight is 363 g/mol. The van der Waals surface area contributed by atoms with Gasteiger partial charge in [-0.15, -0.1) is 0 Å². The van der Waals surface area contributed by atoms with Gasteiger partial charge in [0.25, 0.3) is 0 Å². The van der Waals surface area contributed by atoms with E-state index in [2.05, 4.69) is 11.4 Å². The van der Waals surface area contributed by atoms with Gasteiger partial charge in [-0.3, -0.25) is 0 Å². The fourth-order valence-corrected chi connectivity index (χ4v) is 3.47. The zero-order valence-electron chi connectivity index (χ0n) is 13.6.